The SMILES string of the molecule is COCCOCCOCC(=O)NCCC(Oc1cc(OCC2CCCC2)cc([C@H](O)[C@H](C)CN)c1)c1cccc(OCC2CCCCC2)c1. The van der Waals surface area contributed by atoms with Crippen LogP contribution in [0, 0.1) is 17.8 Å². The quantitative estimate of drug-likeness (QED) is 0.118. The predicted octanol–water partition coefficient (Wildman–Crippen LogP) is 6.15. The predicted molar refractivity (Wildman–Crippen MR) is 190 cm³/mol. The first-order valence-corrected chi connectivity index (χ1v) is 18.4. The molecule has 10 heteroatoms. The van der Waals surface area contributed by atoms with Gasteiger partial charge in [-0.15, -0.1) is 0 Å². The van der Waals surface area contributed by atoms with Crippen LogP contribution in [0.25, 0.3) is 0 Å². The van der Waals surface area contributed by atoms with Crippen molar-refractivity contribution >= 4 is 5.91 Å². The van der Waals surface area contributed by atoms with E-state index in [-0.39, 0.29) is 18.4 Å². The van der Waals surface area contributed by atoms with Gasteiger partial charge in [-0.25, -0.2) is 0 Å². The van der Waals surface area contributed by atoms with Crippen LogP contribution in [0.4, 0.5) is 0 Å². The van der Waals surface area contributed by atoms with Crippen LogP contribution in [0.2, 0.25) is 0 Å². The highest BCUT2D eigenvalue weighted by Crippen LogP contribution is 2.35. The van der Waals surface area contributed by atoms with Crippen molar-refractivity contribution in [2.24, 2.45) is 23.5 Å². The van der Waals surface area contributed by atoms with Gasteiger partial charge in [0.05, 0.1) is 45.7 Å². The Labute approximate surface area is 293 Å². The van der Waals surface area contributed by atoms with Gasteiger partial charge >= 0.3 is 0 Å². The van der Waals surface area contributed by atoms with E-state index in [0.717, 1.165) is 11.3 Å². The van der Waals surface area contributed by atoms with E-state index in [1.165, 1.54) is 57.8 Å². The zero-order valence-electron chi connectivity index (χ0n) is 29.7. The maximum atomic E-state index is 12.6. The van der Waals surface area contributed by atoms with Gasteiger partial charge in [-0.05, 0) is 85.4 Å². The lowest BCUT2D eigenvalue weighted by molar-refractivity contribution is -0.126. The summed E-state index contributed by atoms with van der Waals surface area (Å²) in [6.45, 7) is 5.69. The van der Waals surface area contributed by atoms with Gasteiger partial charge in [-0.1, -0.05) is 51.2 Å². The molecule has 0 aromatic heterocycles. The lowest BCUT2D eigenvalue weighted by Crippen LogP contribution is -2.30. The second-order valence-electron chi connectivity index (χ2n) is 13.6. The van der Waals surface area contributed by atoms with Crippen molar-refractivity contribution in [1.29, 1.82) is 0 Å². The number of nitrogens with two attached hydrogens (primary N) is 1. The Morgan fingerprint density at radius 3 is 2.18 bits per heavy atom. The number of methoxy groups -OCH3 is 1. The third kappa shape index (κ3) is 14.1. The molecule has 10 nitrogen and oxygen atoms in total. The smallest absolute Gasteiger partial charge is 0.246 e. The van der Waals surface area contributed by atoms with E-state index in [9.17, 15) is 9.90 Å². The van der Waals surface area contributed by atoms with Crippen LogP contribution >= 0.6 is 0 Å². The highest BCUT2D eigenvalue weighted by atomic mass is 16.5. The molecule has 2 saturated carbocycles. The number of aliphatic hydroxyl groups excluding tert-OH is 1. The van der Waals surface area contributed by atoms with Crippen molar-refractivity contribution < 1.29 is 38.3 Å². The Balaban J connectivity index is 1.46. The number of carbonyl (C=O) groups excluding carboxylic acids is 1. The van der Waals surface area contributed by atoms with Crippen molar-refractivity contribution in [2.75, 3.05) is 66.4 Å². The summed E-state index contributed by atoms with van der Waals surface area (Å²) in [4.78, 5) is 12.6. The normalized spacial score (nSPS) is 17.4. The molecule has 1 unspecified atom stereocenters. The number of aliphatic hydroxyl groups is 1. The topological polar surface area (TPSA) is 131 Å². The number of hydrogen-bond acceptors (Lipinski definition) is 9. The Morgan fingerprint density at radius 1 is 0.837 bits per heavy atom. The van der Waals surface area contributed by atoms with Crippen LogP contribution < -0.4 is 25.3 Å². The second-order valence-corrected chi connectivity index (χ2v) is 13.6. The molecule has 0 radical (unpaired) electrons. The lowest BCUT2D eigenvalue weighted by Gasteiger charge is -2.24. The number of benzene rings is 2. The van der Waals surface area contributed by atoms with Gasteiger partial charge in [0.1, 0.15) is 30.0 Å². The maximum absolute atomic E-state index is 12.6. The summed E-state index contributed by atoms with van der Waals surface area (Å²) in [6, 6.07) is 13.7. The third-order valence-electron chi connectivity index (χ3n) is 9.60. The average molecular weight is 685 g/mol. The Kier molecular flexibility index (Phi) is 17.5. The van der Waals surface area contributed by atoms with Gasteiger partial charge in [0.2, 0.25) is 5.91 Å². The summed E-state index contributed by atoms with van der Waals surface area (Å²) >= 11 is 0. The standard InChI is InChI=1S/C39H60N2O8/c1-29(25-40)39(43)33-22-35(48-27-31-11-6-7-12-31)24-36(23-33)49-37(15-16-41-38(42)28-46-20-19-45-18-17-44-2)32-13-8-14-34(21-32)47-26-30-9-4-3-5-10-30/h8,13-14,21-24,29-31,37,39,43H,3-7,9-12,15-20,25-28,40H2,1-2H3,(H,41,42)/t29-,37?,39-/m1/s1. The second kappa shape index (κ2) is 22.0. The van der Waals surface area contributed by atoms with Crippen LogP contribution in [0.1, 0.15) is 94.5 Å². The molecule has 3 atom stereocenters. The Hall–Kier alpha value is -2.89. The summed E-state index contributed by atoms with van der Waals surface area (Å²) in [5.41, 5.74) is 7.57. The molecule has 4 rings (SSSR count). The fourth-order valence-corrected chi connectivity index (χ4v) is 6.52. The number of nitrogens with one attached hydrogen (secondary N) is 1. The molecular formula is C39H60N2O8. The van der Waals surface area contributed by atoms with E-state index < -0.39 is 12.2 Å². The fraction of sp³-hybridized carbons (Fsp3) is 0.667. The van der Waals surface area contributed by atoms with Crippen LogP contribution in [0.5, 0.6) is 17.2 Å². The third-order valence-corrected chi connectivity index (χ3v) is 9.60. The van der Waals surface area contributed by atoms with E-state index in [4.69, 9.17) is 34.2 Å². The first kappa shape index (κ1) is 38.9. The first-order chi connectivity index (χ1) is 23.9. The molecule has 2 aromatic carbocycles. The summed E-state index contributed by atoms with van der Waals surface area (Å²) in [5, 5.41) is 14.1. The number of carbonyl (C=O) groups is 1. The fourth-order valence-electron chi connectivity index (χ4n) is 6.52. The van der Waals surface area contributed by atoms with Crippen LogP contribution in [0.3, 0.4) is 0 Å². The minimum Gasteiger partial charge on any atom is -0.493 e. The number of hydrogen-bond donors (Lipinski definition) is 3. The van der Waals surface area contributed by atoms with E-state index in [0.29, 0.717) is 88.0 Å². The molecule has 2 aliphatic rings. The van der Waals surface area contributed by atoms with Gasteiger partial charge in [0.25, 0.3) is 0 Å². The largest absolute Gasteiger partial charge is 0.493 e. The molecule has 4 N–H and O–H groups in total. The minimum atomic E-state index is -0.762. The van der Waals surface area contributed by atoms with Crippen molar-refractivity contribution in [1.82, 2.24) is 5.32 Å². The molecule has 0 aliphatic heterocycles. The number of rotatable bonds is 23. The number of amides is 1. The van der Waals surface area contributed by atoms with Gasteiger partial charge in [0, 0.05) is 26.1 Å². The highest BCUT2D eigenvalue weighted by Gasteiger charge is 2.22. The number of ether oxygens (including phenoxy) is 6. The van der Waals surface area contributed by atoms with Crippen molar-refractivity contribution in [3.05, 3.63) is 53.6 Å². The van der Waals surface area contributed by atoms with Crippen molar-refractivity contribution in [2.45, 2.75) is 83.3 Å². The van der Waals surface area contributed by atoms with Crippen LogP contribution in [0.15, 0.2) is 42.5 Å². The van der Waals surface area contributed by atoms with Crippen LogP contribution in [-0.2, 0) is 19.0 Å². The van der Waals surface area contributed by atoms with Gasteiger partial charge in [-0.3, -0.25) is 4.79 Å². The molecule has 49 heavy (non-hydrogen) atoms. The molecule has 1 amide bonds. The Bertz CT molecular complexity index is 1220. The summed E-state index contributed by atoms with van der Waals surface area (Å²) in [5.74, 6) is 2.85. The lowest BCUT2D eigenvalue weighted by atomic mass is 9.90. The Morgan fingerprint density at radius 2 is 1.47 bits per heavy atom. The maximum Gasteiger partial charge on any atom is 0.246 e. The van der Waals surface area contributed by atoms with Gasteiger partial charge in [0.15, 0.2) is 0 Å². The first-order valence-electron chi connectivity index (χ1n) is 18.4. The monoisotopic (exact) mass is 684 g/mol. The molecule has 0 spiro atoms. The average Bonchev–Trinajstić information content (AvgIpc) is 3.66. The van der Waals surface area contributed by atoms with Crippen LogP contribution in [-0.4, -0.2) is 77.5 Å². The minimum absolute atomic E-state index is 0.0510. The highest BCUT2D eigenvalue weighted by molar-refractivity contribution is 5.77. The zero-order valence-corrected chi connectivity index (χ0v) is 29.7. The van der Waals surface area contributed by atoms with Crippen molar-refractivity contribution in [3.8, 4) is 17.2 Å². The molecule has 0 heterocycles. The summed E-state index contributed by atoms with van der Waals surface area (Å²) < 4.78 is 35.1. The molecule has 0 saturated heterocycles. The van der Waals surface area contributed by atoms with Gasteiger partial charge < -0.3 is 44.6 Å². The summed E-state index contributed by atoms with van der Waals surface area (Å²) in [7, 11) is 1.62. The van der Waals surface area contributed by atoms with E-state index in [1.54, 1.807) is 7.11 Å². The molecule has 2 fully saturated rings. The molecular weight excluding hydrogens is 624 g/mol. The van der Waals surface area contributed by atoms with Gasteiger partial charge in [-0.2, -0.15) is 0 Å². The van der Waals surface area contributed by atoms with E-state index in [1.807, 2.05) is 49.4 Å². The van der Waals surface area contributed by atoms with E-state index >= 15 is 0 Å². The molecule has 274 valence electrons. The summed E-state index contributed by atoms with van der Waals surface area (Å²) in [6.07, 6.45) is 10.5. The zero-order chi connectivity index (χ0) is 34.7. The van der Waals surface area contributed by atoms with E-state index in [2.05, 4.69) is 5.32 Å². The molecule has 2 aromatic rings. The molecule has 2 aliphatic carbocycles. The van der Waals surface area contributed by atoms with Crippen molar-refractivity contribution in [3.63, 3.8) is 0 Å². The molecule has 0 bridgehead atoms.